The number of nitrogens with zero attached hydrogens (tertiary/aromatic N) is 3. The van der Waals surface area contributed by atoms with Crippen molar-refractivity contribution in [2.24, 2.45) is 0 Å². The first kappa shape index (κ1) is 21.9. The fraction of sp³-hybridized carbons (Fsp3) is 0.0357. The van der Waals surface area contributed by atoms with Gasteiger partial charge in [-0.25, -0.2) is 4.39 Å². The molecule has 0 atom stereocenters. The van der Waals surface area contributed by atoms with Crippen LogP contribution in [0.5, 0.6) is 0 Å². The predicted molar refractivity (Wildman–Crippen MR) is 131 cm³/mol. The number of fused-ring (bicyclic) bond motifs is 4. The molecule has 3 aromatic carbocycles. The molecule has 6 aromatic rings. The third kappa shape index (κ3) is 3.58. The quantitative estimate of drug-likeness (QED) is 0.198. The van der Waals surface area contributed by atoms with Crippen molar-refractivity contribution in [3.05, 3.63) is 113 Å². The van der Waals surface area contributed by atoms with Gasteiger partial charge in [-0.15, -0.1) is 0 Å². The summed E-state index contributed by atoms with van der Waals surface area (Å²) >= 11 is 0. The highest BCUT2D eigenvalue weighted by molar-refractivity contribution is 6.05. The Morgan fingerprint density at radius 2 is 1.53 bits per heavy atom. The lowest BCUT2D eigenvalue weighted by Crippen LogP contribution is -2.21. The van der Waals surface area contributed by atoms with Crippen LogP contribution in [0.3, 0.4) is 0 Å². The van der Waals surface area contributed by atoms with Crippen LogP contribution < -0.4 is 5.56 Å². The molecule has 0 saturated carbocycles. The zero-order valence-electron chi connectivity index (χ0n) is 18.4. The molecule has 0 amide bonds. The van der Waals surface area contributed by atoms with Crippen molar-refractivity contribution in [2.45, 2.75) is 6.18 Å². The second-order valence-corrected chi connectivity index (χ2v) is 8.38. The Kier molecular flexibility index (Phi) is 4.86. The number of hydrogen-bond donors (Lipinski definition) is 0. The normalized spacial score (nSPS) is 12.0. The number of hydrogen-bond acceptors (Lipinski definition) is 3. The highest BCUT2D eigenvalue weighted by Gasteiger charge is 2.35. The van der Waals surface area contributed by atoms with Gasteiger partial charge in [-0.2, -0.15) is 13.2 Å². The standard InChI is InChI=1S/C28H15F4N3O/c29-20-7-9-25(22(13-20)28(30,31)32)35-26(36)10-6-18-14-34-24-8-5-16(12-21(24)27(18)35)19-11-17-3-1-2-4-23(17)33-15-19/h1-15H. The van der Waals surface area contributed by atoms with E-state index in [0.29, 0.717) is 22.4 Å². The molecule has 8 heteroatoms. The van der Waals surface area contributed by atoms with Crippen LogP contribution in [0.25, 0.3) is 49.5 Å². The van der Waals surface area contributed by atoms with Crippen LogP contribution in [0.1, 0.15) is 5.56 Å². The monoisotopic (exact) mass is 485 g/mol. The Balaban J connectivity index is 1.68. The molecule has 0 aliphatic carbocycles. The van der Waals surface area contributed by atoms with E-state index in [4.69, 9.17) is 0 Å². The molecule has 0 N–H and O–H groups in total. The Hall–Kier alpha value is -4.59. The second-order valence-electron chi connectivity index (χ2n) is 8.38. The molecule has 3 heterocycles. The molecule has 0 aliphatic rings. The minimum Gasteiger partial charge on any atom is -0.276 e. The van der Waals surface area contributed by atoms with E-state index in [1.165, 1.54) is 18.3 Å². The van der Waals surface area contributed by atoms with E-state index in [0.717, 1.165) is 38.7 Å². The number of rotatable bonds is 2. The average molecular weight is 485 g/mol. The van der Waals surface area contributed by atoms with Gasteiger partial charge in [0, 0.05) is 40.2 Å². The molecule has 0 bridgehead atoms. The van der Waals surface area contributed by atoms with E-state index in [2.05, 4.69) is 9.97 Å². The van der Waals surface area contributed by atoms with Gasteiger partial charge in [-0.3, -0.25) is 19.3 Å². The highest BCUT2D eigenvalue weighted by atomic mass is 19.4. The summed E-state index contributed by atoms with van der Waals surface area (Å²) in [6.07, 6.45) is -1.65. The van der Waals surface area contributed by atoms with Gasteiger partial charge in [0.25, 0.3) is 5.56 Å². The van der Waals surface area contributed by atoms with Crippen molar-refractivity contribution >= 4 is 32.7 Å². The maximum absolute atomic E-state index is 13.9. The molecule has 36 heavy (non-hydrogen) atoms. The molecule has 0 radical (unpaired) electrons. The van der Waals surface area contributed by atoms with Crippen LogP contribution in [0.4, 0.5) is 17.6 Å². The van der Waals surface area contributed by atoms with Gasteiger partial charge in [0.05, 0.1) is 27.8 Å². The number of alkyl halides is 3. The zero-order valence-corrected chi connectivity index (χ0v) is 18.4. The first-order valence-electron chi connectivity index (χ1n) is 11.0. The summed E-state index contributed by atoms with van der Waals surface area (Å²) < 4.78 is 56.4. The molecule has 4 nitrogen and oxygen atoms in total. The summed E-state index contributed by atoms with van der Waals surface area (Å²) in [5.41, 5.74) is 0.768. The van der Waals surface area contributed by atoms with Crippen LogP contribution in [0.15, 0.2) is 96.1 Å². The third-order valence-corrected chi connectivity index (χ3v) is 6.15. The van der Waals surface area contributed by atoms with Gasteiger partial charge in [-0.05, 0) is 54.1 Å². The molecule has 0 aliphatic heterocycles. The van der Waals surface area contributed by atoms with Gasteiger partial charge in [0.1, 0.15) is 5.82 Å². The number of benzene rings is 3. The molecule has 0 saturated heterocycles. The van der Waals surface area contributed by atoms with Crippen molar-refractivity contribution in [2.75, 3.05) is 0 Å². The highest BCUT2D eigenvalue weighted by Crippen LogP contribution is 2.36. The summed E-state index contributed by atoms with van der Waals surface area (Å²) in [5.74, 6) is -1.04. The lowest BCUT2D eigenvalue weighted by atomic mass is 10.0. The maximum atomic E-state index is 13.9. The van der Waals surface area contributed by atoms with E-state index in [-0.39, 0.29) is 5.52 Å². The molecular formula is C28H15F4N3O. The van der Waals surface area contributed by atoms with Gasteiger partial charge in [0.2, 0.25) is 0 Å². The smallest absolute Gasteiger partial charge is 0.276 e. The van der Waals surface area contributed by atoms with Crippen LogP contribution >= 0.6 is 0 Å². The summed E-state index contributed by atoms with van der Waals surface area (Å²) in [4.78, 5) is 21.9. The molecular weight excluding hydrogens is 470 g/mol. The Bertz CT molecular complexity index is 1880. The van der Waals surface area contributed by atoms with Crippen LogP contribution in [0, 0.1) is 5.82 Å². The lowest BCUT2D eigenvalue weighted by Gasteiger charge is -2.18. The van der Waals surface area contributed by atoms with Gasteiger partial charge in [0.15, 0.2) is 0 Å². The molecule has 6 rings (SSSR count). The summed E-state index contributed by atoms with van der Waals surface area (Å²) in [7, 11) is 0. The molecule has 3 aromatic heterocycles. The minimum absolute atomic E-state index is 0.250. The molecule has 0 fully saturated rings. The molecule has 0 unspecified atom stereocenters. The fourth-order valence-electron chi connectivity index (χ4n) is 4.49. The third-order valence-electron chi connectivity index (χ3n) is 6.15. The van der Waals surface area contributed by atoms with E-state index < -0.39 is 28.8 Å². The summed E-state index contributed by atoms with van der Waals surface area (Å²) in [6, 6.07) is 20.0. The topological polar surface area (TPSA) is 47.8 Å². The van der Waals surface area contributed by atoms with Gasteiger partial charge < -0.3 is 0 Å². The van der Waals surface area contributed by atoms with Crippen molar-refractivity contribution in [1.82, 2.24) is 14.5 Å². The number of para-hydroxylation sites is 1. The Labute approximate surface area is 201 Å². The summed E-state index contributed by atoms with van der Waals surface area (Å²) in [5, 5.41) is 1.88. The maximum Gasteiger partial charge on any atom is 0.418 e. The first-order valence-corrected chi connectivity index (χ1v) is 11.0. The van der Waals surface area contributed by atoms with Crippen LogP contribution in [-0.2, 0) is 6.18 Å². The van der Waals surface area contributed by atoms with E-state index in [1.807, 2.05) is 36.4 Å². The van der Waals surface area contributed by atoms with Crippen molar-refractivity contribution in [3.63, 3.8) is 0 Å². The average Bonchev–Trinajstić information content (AvgIpc) is 2.87. The number of halogens is 4. The molecule has 176 valence electrons. The Morgan fingerprint density at radius 3 is 2.36 bits per heavy atom. The number of pyridine rings is 3. The first-order chi connectivity index (χ1) is 17.3. The fourth-order valence-corrected chi connectivity index (χ4v) is 4.49. The van der Waals surface area contributed by atoms with E-state index in [1.54, 1.807) is 18.3 Å². The predicted octanol–water partition coefficient (Wildman–Crippen LogP) is 6.91. The number of aromatic nitrogens is 3. The Morgan fingerprint density at radius 1 is 0.722 bits per heavy atom. The van der Waals surface area contributed by atoms with E-state index in [9.17, 15) is 22.4 Å². The SMILES string of the molecule is O=c1ccc2cnc3ccc(-c4cnc5ccccc5c4)cc3c2n1-c1ccc(F)cc1C(F)(F)F. The lowest BCUT2D eigenvalue weighted by molar-refractivity contribution is -0.137. The summed E-state index contributed by atoms with van der Waals surface area (Å²) in [6.45, 7) is 0. The second kappa shape index (κ2) is 7.98. The van der Waals surface area contributed by atoms with Crippen LogP contribution in [-0.4, -0.2) is 14.5 Å². The van der Waals surface area contributed by atoms with E-state index >= 15 is 0 Å². The van der Waals surface area contributed by atoms with Gasteiger partial charge >= 0.3 is 6.18 Å². The van der Waals surface area contributed by atoms with Crippen molar-refractivity contribution in [3.8, 4) is 16.8 Å². The van der Waals surface area contributed by atoms with Crippen molar-refractivity contribution < 1.29 is 17.6 Å². The van der Waals surface area contributed by atoms with Gasteiger partial charge in [-0.1, -0.05) is 24.3 Å². The largest absolute Gasteiger partial charge is 0.418 e. The minimum atomic E-state index is -4.87. The van der Waals surface area contributed by atoms with Crippen LogP contribution in [0.2, 0.25) is 0 Å². The molecule has 0 spiro atoms. The van der Waals surface area contributed by atoms with Crippen molar-refractivity contribution in [1.29, 1.82) is 0 Å². The zero-order chi connectivity index (χ0) is 25.0.